The second-order valence-corrected chi connectivity index (χ2v) is 9.24. The van der Waals surface area contributed by atoms with Crippen LogP contribution in [0.5, 0.6) is 5.75 Å². The fourth-order valence-electron chi connectivity index (χ4n) is 3.93. The van der Waals surface area contributed by atoms with E-state index < -0.39 is 24.3 Å². The number of aliphatic carboxylic acids is 1. The quantitative estimate of drug-likeness (QED) is 0.385. The lowest BCUT2D eigenvalue weighted by Crippen LogP contribution is -2.23. The van der Waals surface area contributed by atoms with Crippen LogP contribution in [-0.4, -0.2) is 29.3 Å². The summed E-state index contributed by atoms with van der Waals surface area (Å²) in [6.45, 7) is 1.77. The van der Waals surface area contributed by atoms with Crippen LogP contribution in [0.3, 0.4) is 0 Å². The number of carboxylic acid groups (broad SMARTS) is 1. The summed E-state index contributed by atoms with van der Waals surface area (Å²) in [5.41, 5.74) is 3.04. The van der Waals surface area contributed by atoms with Crippen LogP contribution in [0.15, 0.2) is 65.6 Å². The first-order valence-electron chi connectivity index (χ1n) is 10.8. The Labute approximate surface area is 204 Å². The number of nitrogens with zero attached hydrogens (tertiary/aromatic N) is 1. The maximum atomic E-state index is 12.9. The second-order valence-electron chi connectivity index (χ2n) is 8.10. The number of anilines is 1. The number of carboxylic acids is 1. The number of benzene rings is 3. The molecule has 1 aliphatic rings. The Bertz CT molecular complexity index is 1260. The molecule has 0 fully saturated rings. The van der Waals surface area contributed by atoms with Crippen molar-refractivity contribution in [2.75, 3.05) is 17.3 Å². The van der Waals surface area contributed by atoms with Crippen LogP contribution in [-0.2, 0) is 23.9 Å². The lowest BCUT2D eigenvalue weighted by molar-refractivity contribution is -0.139. The van der Waals surface area contributed by atoms with E-state index in [4.69, 9.17) is 9.84 Å². The molecule has 3 aromatic rings. The molecule has 0 atom stereocenters. The second kappa shape index (κ2) is 10.0. The number of carbonyl (C=O) groups excluding carboxylic acids is 1. The number of fused-ring (bicyclic) bond motifs is 1. The van der Waals surface area contributed by atoms with Crippen molar-refractivity contribution in [1.29, 1.82) is 0 Å². The Morgan fingerprint density at radius 1 is 1.11 bits per heavy atom. The summed E-state index contributed by atoms with van der Waals surface area (Å²) in [7, 11) is 0. The molecular weight excluding hydrogens is 479 g/mol. The molecule has 0 saturated heterocycles. The number of halogens is 3. The molecular formula is C26H22F3NO4S. The SMILES string of the molecule is Cc1cc(CCSc2cccc3c2CN(c2ccc(C(F)(F)F)cc2)C3=O)ccc1OCC(=O)O. The molecule has 4 rings (SSSR count). The van der Waals surface area contributed by atoms with Crippen LogP contribution in [0, 0.1) is 6.92 Å². The van der Waals surface area contributed by atoms with Crippen LogP contribution in [0.1, 0.15) is 32.6 Å². The Kier molecular flexibility index (Phi) is 7.07. The van der Waals surface area contributed by atoms with Gasteiger partial charge in [-0.05, 0) is 72.5 Å². The molecule has 1 heterocycles. The van der Waals surface area contributed by atoms with Gasteiger partial charge in [0.2, 0.25) is 0 Å². The maximum Gasteiger partial charge on any atom is 0.416 e. The van der Waals surface area contributed by atoms with Crippen molar-refractivity contribution in [2.24, 2.45) is 0 Å². The monoisotopic (exact) mass is 501 g/mol. The predicted octanol–water partition coefficient (Wildman–Crippen LogP) is 5.97. The predicted molar refractivity (Wildman–Crippen MR) is 127 cm³/mol. The van der Waals surface area contributed by atoms with Crippen molar-refractivity contribution in [2.45, 2.75) is 31.0 Å². The number of ether oxygens (including phenoxy) is 1. The molecule has 182 valence electrons. The summed E-state index contributed by atoms with van der Waals surface area (Å²) < 4.78 is 43.9. The van der Waals surface area contributed by atoms with Gasteiger partial charge in [-0.15, -0.1) is 11.8 Å². The van der Waals surface area contributed by atoms with Crippen molar-refractivity contribution in [3.05, 3.63) is 88.5 Å². The molecule has 0 aromatic heterocycles. The Balaban J connectivity index is 1.42. The molecule has 0 unspecified atom stereocenters. The molecule has 0 radical (unpaired) electrons. The largest absolute Gasteiger partial charge is 0.482 e. The minimum absolute atomic E-state index is 0.227. The smallest absolute Gasteiger partial charge is 0.416 e. The van der Waals surface area contributed by atoms with Crippen molar-refractivity contribution >= 4 is 29.3 Å². The summed E-state index contributed by atoms with van der Waals surface area (Å²) >= 11 is 1.61. The average Bonchev–Trinajstić information content (AvgIpc) is 3.15. The van der Waals surface area contributed by atoms with Gasteiger partial charge in [-0.3, -0.25) is 4.79 Å². The number of amides is 1. The van der Waals surface area contributed by atoms with Gasteiger partial charge < -0.3 is 14.7 Å². The van der Waals surface area contributed by atoms with E-state index in [0.717, 1.165) is 45.9 Å². The Hall–Kier alpha value is -3.46. The van der Waals surface area contributed by atoms with E-state index in [1.165, 1.54) is 17.0 Å². The molecule has 9 heteroatoms. The molecule has 0 aliphatic carbocycles. The number of thioether (sulfide) groups is 1. The Morgan fingerprint density at radius 3 is 2.51 bits per heavy atom. The third-order valence-electron chi connectivity index (χ3n) is 5.67. The number of hydrogen-bond donors (Lipinski definition) is 1. The molecule has 0 bridgehead atoms. The van der Waals surface area contributed by atoms with Crippen molar-refractivity contribution in [3.63, 3.8) is 0 Å². The fourth-order valence-corrected chi connectivity index (χ4v) is 5.01. The van der Waals surface area contributed by atoms with Crippen molar-refractivity contribution < 1.29 is 32.6 Å². The summed E-state index contributed by atoms with van der Waals surface area (Å²) in [4.78, 5) is 26.1. The van der Waals surface area contributed by atoms with Gasteiger partial charge in [0.25, 0.3) is 5.91 Å². The average molecular weight is 502 g/mol. The standard InChI is InChI=1S/C26H22F3NO4S/c1-16-13-17(5-10-22(16)34-15-24(31)32)11-12-35-23-4-2-3-20-21(23)14-30(25(20)33)19-8-6-18(7-9-19)26(27,28)29/h2-10,13H,11-12,14-15H2,1H3,(H,31,32). The van der Waals surface area contributed by atoms with Gasteiger partial charge in [0, 0.05) is 21.9 Å². The summed E-state index contributed by atoms with van der Waals surface area (Å²) in [5.74, 6) is 0.0247. The molecule has 1 aliphatic heterocycles. The highest BCUT2D eigenvalue weighted by atomic mass is 32.2. The first-order chi connectivity index (χ1) is 16.6. The van der Waals surface area contributed by atoms with Crippen LogP contribution >= 0.6 is 11.8 Å². The van der Waals surface area contributed by atoms with Crippen LogP contribution in [0.2, 0.25) is 0 Å². The molecule has 1 amide bonds. The van der Waals surface area contributed by atoms with E-state index in [1.807, 2.05) is 31.2 Å². The van der Waals surface area contributed by atoms with E-state index in [0.29, 0.717) is 23.5 Å². The van der Waals surface area contributed by atoms with Gasteiger partial charge in [0.15, 0.2) is 6.61 Å². The first-order valence-corrected chi connectivity index (χ1v) is 11.8. The van der Waals surface area contributed by atoms with E-state index >= 15 is 0 Å². The molecule has 1 N–H and O–H groups in total. The number of aryl methyl sites for hydroxylation is 2. The third-order valence-corrected chi connectivity index (χ3v) is 6.77. The molecule has 35 heavy (non-hydrogen) atoms. The van der Waals surface area contributed by atoms with E-state index in [9.17, 15) is 22.8 Å². The van der Waals surface area contributed by atoms with Crippen molar-refractivity contribution in [3.8, 4) is 5.75 Å². The molecule has 0 spiro atoms. The zero-order valence-electron chi connectivity index (χ0n) is 18.8. The Morgan fingerprint density at radius 2 is 1.86 bits per heavy atom. The lowest BCUT2D eigenvalue weighted by Gasteiger charge is -2.17. The highest BCUT2D eigenvalue weighted by Gasteiger charge is 2.33. The van der Waals surface area contributed by atoms with Gasteiger partial charge in [-0.1, -0.05) is 18.2 Å². The normalized spacial score (nSPS) is 13.1. The van der Waals surface area contributed by atoms with E-state index in [1.54, 1.807) is 23.9 Å². The molecule has 0 saturated carbocycles. The fraction of sp³-hybridized carbons (Fsp3) is 0.231. The lowest BCUT2D eigenvalue weighted by atomic mass is 10.1. The van der Waals surface area contributed by atoms with Crippen molar-refractivity contribution in [1.82, 2.24) is 0 Å². The highest BCUT2D eigenvalue weighted by Crippen LogP contribution is 2.36. The topological polar surface area (TPSA) is 66.8 Å². The van der Waals surface area contributed by atoms with E-state index in [-0.39, 0.29) is 5.91 Å². The minimum Gasteiger partial charge on any atom is -0.482 e. The third kappa shape index (κ3) is 5.62. The maximum absolute atomic E-state index is 12.9. The van der Waals surface area contributed by atoms with Crippen LogP contribution < -0.4 is 9.64 Å². The minimum atomic E-state index is -4.43. The summed E-state index contributed by atoms with van der Waals surface area (Å²) in [6.07, 6.45) is -3.67. The first kappa shape index (κ1) is 24.7. The van der Waals surface area contributed by atoms with Gasteiger partial charge >= 0.3 is 12.1 Å². The van der Waals surface area contributed by atoms with Gasteiger partial charge in [0.05, 0.1) is 12.1 Å². The van der Waals surface area contributed by atoms with Gasteiger partial charge in [-0.25, -0.2) is 4.79 Å². The molecule has 5 nitrogen and oxygen atoms in total. The number of alkyl halides is 3. The highest BCUT2D eigenvalue weighted by molar-refractivity contribution is 7.99. The van der Waals surface area contributed by atoms with Gasteiger partial charge in [-0.2, -0.15) is 13.2 Å². The van der Waals surface area contributed by atoms with Gasteiger partial charge in [0.1, 0.15) is 5.75 Å². The number of rotatable bonds is 8. The summed E-state index contributed by atoms with van der Waals surface area (Å²) in [5, 5.41) is 8.76. The zero-order chi connectivity index (χ0) is 25.2. The number of hydrogen-bond acceptors (Lipinski definition) is 4. The van der Waals surface area contributed by atoms with Crippen LogP contribution in [0.4, 0.5) is 18.9 Å². The summed E-state index contributed by atoms with van der Waals surface area (Å²) in [6, 6.07) is 15.7. The zero-order valence-corrected chi connectivity index (χ0v) is 19.6. The van der Waals surface area contributed by atoms with E-state index in [2.05, 4.69) is 0 Å². The molecule has 3 aromatic carbocycles. The number of carbonyl (C=O) groups is 2. The van der Waals surface area contributed by atoms with Crippen LogP contribution in [0.25, 0.3) is 0 Å².